The van der Waals surface area contributed by atoms with Gasteiger partial charge in [0.2, 0.25) is 0 Å². The Balaban J connectivity index is 1.74. The van der Waals surface area contributed by atoms with E-state index in [9.17, 15) is 4.79 Å². The number of ether oxygens (including phenoxy) is 1. The quantitative estimate of drug-likeness (QED) is 0.838. The van der Waals surface area contributed by atoms with Crippen LogP contribution in [-0.4, -0.2) is 26.3 Å². The summed E-state index contributed by atoms with van der Waals surface area (Å²) < 4.78 is 6.04. The van der Waals surface area contributed by atoms with E-state index in [2.05, 4.69) is 26.6 Å². The molecule has 2 rings (SSSR count). The molecule has 18 heavy (non-hydrogen) atoms. The Hall–Kier alpha value is -0.590. The van der Waals surface area contributed by atoms with Crippen LogP contribution in [0.25, 0.3) is 0 Å². The van der Waals surface area contributed by atoms with Gasteiger partial charge in [-0.3, -0.25) is 0 Å². The van der Waals surface area contributed by atoms with Gasteiger partial charge in [-0.15, -0.1) is 11.3 Å². The van der Waals surface area contributed by atoms with E-state index in [1.165, 1.54) is 12.8 Å². The Kier molecular flexibility index (Phi) is 4.64. The van der Waals surface area contributed by atoms with Crippen molar-refractivity contribution in [1.82, 2.24) is 5.32 Å². The molecule has 100 valence electrons. The minimum absolute atomic E-state index is 0.141. The van der Waals surface area contributed by atoms with Crippen LogP contribution in [0, 0.1) is 5.41 Å². The average Bonchev–Trinajstić information content (AvgIpc) is 3.03. The number of hydrogen-bond acceptors (Lipinski definition) is 3. The zero-order valence-electron chi connectivity index (χ0n) is 10.3. The van der Waals surface area contributed by atoms with Gasteiger partial charge in [0, 0.05) is 20.3 Å². The largest absolute Gasteiger partial charge is 0.385 e. The van der Waals surface area contributed by atoms with Gasteiger partial charge >= 0.3 is 6.03 Å². The first-order valence-electron chi connectivity index (χ1n) is 5.92. The van der Waals surface area contributed by atoms with Gasteiger partial charge < -0.3 is 15.4 Å². The van der Waals surface area contributed by atoms with Crippen molar-refractivity contribution in [2.45, 2.75) is 19.3 Å². The van der Waals surface area contributed by atoms with Gasteiger partial charge in [0.05, 0.1) is 9.47 Å². The fraction of sp³-hybridized carbons (Fsp3) is 0.583. The normalized spacial score (nSPS) is 16.3. The molecule has 1 aromatic rings. The lowest BCUT2D eigenvalue weighted by molar-refractivity contribution is 0.171. The second-order valence-electron chi connectivity index (χ2n) is 4.66. The van der Waals surface area contributed by atoms with Crippen LogP contribution in [0.3, 0.4) is 0 Å². The highest BCUT2D eigenvalue weighted by atomic mass is 79.9. The van der Waals surface area contributed by atoms with Crippen LogP contribution in [0.5, 0.6) is 0 Å². The van der Waals surface area contributed by atoms with E-state index in [0.29, 0.717) is 0 Å². The number of thiophene rings is 1. The Morgan fingerprint density at radius 3 is 2.94 bits per heavy atom. The number of anilines is 1. The Morgan fingerprint density at radius 2 is 2.39 bits per heavy atom. The monoisotopic (exact) mass is 332 g/mol. The smallest absolute Gasteiger partial charge is 0.319 e. The Labute approximate surface area is 119 Å². The molecule has 0 bridgehead atoms. The van der Waals surface area contributed by atoms with E-state index < -0.39 is 0 Å². The van der Waals surface area contributed by atoms with Crippen LogP contribution in [0.2, 0.25) is 0 Å². The zero-order valence-corrected chi connectivity index (χ0v) is 12.7. The molecule has 0 atom stereocenters. The highest BCUT2D eigenvalue weighted by Crippen LogP contribution is 2.48. The zero-order chi connectivity index (χ0) is 13.0. The van der Waals surface area contributed by atoms with Crippen molar-refractivity contribution in [2.75, 3.05) is 25.6 Å². The molecule has 1 fully saturated rings. The number of rotatable bonds is 6. The standard InChI is InChI=1S/C12H17BrN2O2S/c1-17-6-5-12(3-4-12)8-14-11(16)15-9-2-7-18-10(9)13/h2,7H,3-6,8H2,1H3,(H2,14,15,16). The van der Waals surface area contributed by atoms with E-state index in [1.807, 2.05) is 11.4 Å². The first-order valence-corrected chi connectivity index (χ1v) is 7.59. The summed E-state index contributed by atoms with van der Waals surface area (Å²) in [6.45, 7) is 1.49. The van der Waals surface area contributed by atoms with Crippen LogP contribution in [0.15, 0.2) is 15.2 Å². The summed E-state index contributed by atoms with van der Waals surface area (Å²) in [7, 11) is 1.71. The molecule has 0 spiro atoms. The van der Waals surface area contributed by atoms with Gasteiger partial charge in [-0.2, -0.15) is 0 Å². The second kappa shape index (κ2) is 6.04. The molecule has 1 aromatic heterocycles. The maximum Gasteiger partial charge on any atom is 0.319 e. The molecule has 0 saturated heterocycles. The molecule has 1 aliphatic rings. The Morgan fingerprint density at radius 1 is 1.61 bits per heavy atom. The minimum atomic E-state index is -0.141. The molecule has 6 heteroatoms. The van der Waals surface area contributed by atoms with Gasteiger partial charge in [0.1, 0.15) is 0 Å². The highest BCUT2D eigenvalue weighted by molar-refractivity contribution is 9.11. The second-order valence-corrected chi connectivity index (χ2v) is 6.89. The van der Waals surface area contributed by atoms with E-state index in [0.717, 1.165) is 29.0 Å². The predicted octanol–water partition coefficient (Wildman–Crippen LogP) is 3.45. The molecule has 1 heterocycles. The molecule has 2 amide bonds. The highest BCUT2D eigenvalue weighted by Gasteiger charge is 2.42. The van der Waals surface area contributed by atoms with Crippen molar-refractivity contribution in [3.8, 4) is 0 Å². The third kappa shape index (κ3) is 3.70. The summed E-state index contributed by atoms with van der Waals surface area (Å²) in [5.41, 5.74) is 1.10. The lowest BCUT2D eigenvalue weighted by Gasteiger charge is -2.15. The van der Waals surface area contributed by atoms with Crippen LogP contribution >= 0.6 is 27.3 Å². The van der Waals surface area contributed by atoms with Crippen molar-refractivity contribution < 1.29 is 9.53 Å². The summed E-state index contributed by atoms with van der Waals surface area (Å²) in [5, 5.41) is 7.70. The molecule has 2 N–H and O–H groups in total. The third-order valence-corrected chi connectivity index (χ3v) is 4.97. The predicted molar refractivity (Wildman–Crippen MR) is 77.2 cm³/mol. The fourth-order valence-electron chi connectivity index (χ4n) is 1.83. The topological polar surface area (TPSA) is 50.4 Å². The molecule has 0 aliphatic heterocycles. The molecule has 0 unspecified atom stereocenters. The Bertz CT molecular complexity index is 418. The first kappa shape index (κ1) is 13.8. The number of amides is 2. The van der Waals surface area contributed by atoms with Crippen molar-refractivity contribution in [3.63, 3.8) is 0 Å². The molecule has 1 saturated carbocycles. The summed E-state index contributed by atoms with van der Waals surface area (Å²) in [4.78, 5) is 11.7. The van der Waals surface area contributed by atoms with Gasteiger partial charge in [0.25, 0.3) is 0 Å². The minimum Gasteiger partial charge on any atom is -0.385 e. The molecular formula is C12H17BrN2O2S. The van der Waals surface area contributed by atoms with E-state index in [-0.39, 0.29) is 11.4 Å². The maximum absolute atomic E-state index is 11.7. The van der Waals surface area contributed by atoms with E-state index >= 15 is 0 Å². The number of carbonyl (C=O) groups excluding carboxylic acids is 1. The fourth-order valence-corrected chi connectivity index (χ4v) is 2.95. The van der Waals surface area contributed by atoms with Crippen molar-refractivity contribution in [2.24, 2.45) is 5.41 Å². The SMILES string of the molecule is COCCC1(CNC(=O)Nc2ccsc2Br)CC1. The lowest BCUT2D eigenvalue weighted by atomic mass is 10.0. The van der Waals surface area contributed by atoms with Crippen LogP contribution in [-0.2, 0) is 4.74 Å². The first-order chi connectivity index (χ1) is 8.65. The number of methoxy groups -OCH3 is 1. The average molecular weight is 333 g/mol. The number of hydrogen-bond donors (Lipinski definition) is 2. The van der Waals surface area contributed by atoms with Gasteiger partial charge in [-0.05, 0) is 52.1 Å². The summed E-state index contributed by atoms with van der Waals surface area (Å²) >= 11 is 4.94. The van der Waals surface area contributed by atoms with Crippen LogP contribution < -0.4 is 10.6 Å². The number of urea groups is 1. The molecular weight excluding hydrogens is 316 g/mol. The van der Waals surface area contributed by atoms with E-state index in [4.69, 9.17) is 4.74 Å². The van der Waals surface area contributed by atoms with Crippen LogP contribution in [0.4, 0.5) is 10.5 Å². The molecule has 4 nitrogen and oxygen atoms in total. The van der Waals surface area contributed by atoms with Gasteiger partial charge in [-0.1, -0.05) is 0 Å². The molecule has 1 aliphatic carbocycles. The maximum atomic E-state index is 11.7. The van der Waals surface area contributed by atoms with Crippen LogP contribution in [0.1, 0.15) is 19.3 Å². The van der Waals surface area contributed by atoms with E-state index in [1.54, 1.807) is 18.4 Å². The number of halogens is 1. The summed E-state index contributed by atoms with van der Waals surface area (Å²) in [5.74, 6) is 0. The number of carbonyl (C=O) groups is 1. The summed E-state index contributed by atoms with van der Waals surface area (Å²) in [6.07, 6.45) is 3.38. The van der Waals surface area contributed by atoms with Crippen molar-refractivity contribution >= 4 is 39.0 Å². The molecule has 0 radical (unpaired) electrons. The third-order valence-electron chi connectivity index (χ3n) is 3.28. The summed E-state index contributed by atoms with van der Waals surface area (Å²) in [6, 6.07) is 1.74. The van der Waals surface area contributed by atoms with Gasteiger partial charge in [-0.25, -0.2) is 4.79 Å². The number of nitrogens with one attached hydrogen (secondary N) is 2. The van der Waals surface area contributed by atoms with Gasteiger partial charge in [0.15, 0.2) is 0 Å². The van der Waals surface area contributed by atoms with Crippen molar-refractivity contribution in [3.05, 3.63) is 15.2 Å². The van der Waals surface area contributed by atoms with Crippen molar-refractivity contribution in [1.29, 1.82) is 0 Å². The molecule has 0 aromatic carbocycles. The lowest BCUT2D eigenvalue weighted by Crippen LogP contribution is -2.34.